The molecule has 0 bridgehead atoms. The number of nitro groups is 1. The van der Waals surface area contributed by atoms with Crippen LogP contribution < -0.4 is 10.2 Å². The van der Waals surface area contributed by atoms with E-state index in [1.165, 1.54) is 0 Å². The summed E-state index contributed by atoms with van der Waals surface area (Å²) in [6.07, 6.45) is 0. The van der Waals surface area contributed by atoms with E-state index in [-0.39, 0.29) is 36.8 Å². The number of aliphatic hydroxyl groups excluding tert-OH is 1. The zero-order chi connectivity index (χ0) is 18.3. The van der Waals surface area contributed by atoms with Crippen LogP contribution in [-0.2, 0) is 0 Å². The van der Waals surface area contributed by atoms with Crippen molar-refractivity contribution in [3.05, 3.63) is 25.1 Å². The van der Waals surface area contributed by atoms with Crippen molar-refractivity contribution in [3.8, 4) is 0 Å². The maximum absolute atomic E-state index is 11.6. The predicted octanol–water partition coefficient (Wildman–Crippen LogP) is 3.24. The highest BCUT2D eigenvalue weighted by atomic mass is 79.9. The first-order valence-corrected chi connectivity index (χ1v) is 9.58. The first kappa shape index (κ1) is 21.4. The zero-order valence-electron chi connectivity index (χ0n) is 14.3. The lowest BCUT2D eigenvalue weighted by Gasteiger charge is -2.36. The van der Waals surface area contributed by atoms with Gasteiger partial charge in [0.25, 0.3) is 0 Å². The maximum Gasteiger partial charge on any atom is 0.312 e. The van der Waals surface area contributed by atoms with Gasteiger partial charge < -0.3 is 19.9 Å². The van der Waals surface area contributed by atoms with Crippen LogP contribution in [0.3, 0.4) is 0 Å². The van der Waals surface area contributed by atoms with Gasteiger partial charge in [0, 0.05) is 30.1 Å². The number of nitro benzene ring substituents is 1. The summed E-state index contributed by atoms with van der Waals surface area (Å²) in [5.74, 6) is 0.652. The fourth-order valence-corrected chi connectivity index (χ4v) is 4.06. The predicted molar refractivity (Wildman–Crippen MR) is 111 cm³/mol. The van der Waals surface area contributed by atoms with E-state index in [9.17, 15) is 15.2 Å². The number of aromatic nitrogens is 2. The number of nitrogens with one attached hydrogen (secondary N) is 1. The number of fused-ring (bicyclic) bond motifs is 1. The molecule has 2 heterocycles. The van der Waals surface area contributed by atoms with Gasteiger partial charge in [0.1, 0.15) is 4.47 Å². The summed E-state index contributed by atoms with van der Waals surface area (Å²) in [5.41, 5.74) is 0.988. The van der Waals surface area contributed by atoms with E-state index in [1.807, 2.05) is 29.4 Å². The minimum atomic E-state index is -0.417. The Morgan fingerprint density at radius 2 is 2.19 bits per heavy atom. The molecular weight excluding hydrogens is 493 g/mol. The Bertz CT molecular complexity index is 829. The van der Waals surface area contributed by atoms with Gasteiger partial charge in [0.05, 0.1) is 23.1 Å². The van der Waals surface area contributed by atoms with Gasteiger partial charge in [0.15, 0.2) is 5.52 Å². The van der Waals surface area contributed by atoms with Crippen molar-refractivity contribution in [2.45, 2.75) is 25.9 Å². The molecule has 0 radical (unpaired) electrons. The number of imidazole rings is 1. The van der Waals surface area contributed by atoms with Crippen LogP contribution >= 0.6 is 44.3 Å². The summed E-state index contributed by atoms with van der Waals surface area (Å²) in [7, 11) is 0. The lowest BCUT2D eigenvalue weighted by Crippen LogP contribution is -2.54. The van der Waals surface area contributed by atoms with Crippen molar-refractivity contribution >= 4 is 66.9 Å². The molecule has 1 atom stereocenters. The van der Waals surface area contributed by atoms with Crippen molar-refractivity contribution in [2.75, 3.05) is 31.1 Å². The number of hydrogen-bond acceptors (Lipinski definition) is 6. The molecule has 1 saturated heterocycles. The molecule has 1 aliphatic heterocycles. The molecule has 1 fully saturated rings. The minimum Gasteiger partial charge on any atom is -0.394 e. The average Bonchev–Trinajstić information content (AvgIpc) is 2.93. The molecule has 11 heteroatoms. The zero-order valence-corrected chi connectivity index (χ0v) is 18.3. The molecule has 1 unspecified atom stereocenters. The molecule has 1 aromatic heterocycles. The van der Waals surface area contributed by atoms with Crippen LogP contribution in [0.2, 0.25) is 0 Å². The summed E-state index contributed by atoms with van der Waals surface area (Å²) in [6, 6.07) is 1.79. The van der Waals surface area contributed by atoms with E-state index >= 15 is 0 Å². The molecule has 3 rings (SSSR count). The number of hydrogen-bond donors (Lipinski definition) is 2. The molecule has 2 N–H and O–H groups in total. The number of rotatable bonds is 4. The third kappa shape index (κ3) is 3.57. The highest BCUT2D eigenvalue weighted by molar-refractivity contribution is 9.13. The Morgan fingerprint density at radius 3 is 2.77 bits per heavy atom. The molecule has 0 aliphatic carbocycles. The van der Waals surface area contributed by atoms with Crippen LogP contribution in [-0.4, -0.2) is 51.9 Å². The van der Waals surface area contributed by atoms with Gasteiger partial charge in [-0.1, -0.05) is 0 Å². The fraction of sp³-hybridized carbons (Fsp3) is 0.533. The van der Waals surface area contributed by atoms with Crippen LogP contribution in [0.4, 0.5) is 11.6 Å². The number of aliphatic hydroxyl groups is 1. The number of halogens is 3. The molecule has 144 valence electrons. The first-order chi connectivity index (χ1) is 11.9. The summed E-state index contributed by atoms with van der Waals surface area (Å²) in [5, 5.41) is 24.6. The Labute approximate surface area is 173 Å². The van der Waals surface area contributed by atoms with Crippen LogP contribution in [0, 0.1) is 10.1 Å². The van der Waals surface area contributed by atoms with E-state index in [2.05, 4.69) is 42.2 Å². The molecule has 2 aromatic rings. The average molecular weight is 514 g/mol. The topological polar surface area (TPSA) is 96.5 Å². The second-order valence-electron chi connectivity index (χ2n) is 6.26. The van der Waals surface area contributed by atoms with Crippen LogP contribution in [0.5, 0.6) is 0 Å². The van der Waals surface area contributed by atoms with E-state index < -0.39 is 4.92 Å². The molecule has 0 amide bonds. The molecule has 1 aromatic carbocycles. The third-order valence-corrected chi connectivity index (χ3v) is 6.31. The largest absolute Gasteiger partial charge is 0.394 e. The highest BCUT2D eigenvalue weighted by Crippen LogP contribution is 2.41. The fourth-order valence-electron chi connectivity index (χ4n) is 3.21. The molecule has 0 spiro atoms. The van der Waals surface area contributed by atoms with Gasteiger partial charge >= 0.3 is 5.69 Å². The van der Waals surface area contributed by atoms with E-state index in [0.717, 1.165) is 6.54 Å². The number of benzene rings is 1. The second-order valence-corrected chi connectivity index (χ2v) is 7.90. The quantitative estimate of drug-likeness (QED) is 0.481. The van der Waals surface area contributed by atoms with Crippen molar-refractivity contribution < 1.29 is 10.0 Å². The van der Waals surface area contributed by atoms with Gasteiger partial charge in [-0.05, 0) is 51.8 Å². The van der Waals surface area contributed by atoms with E-state index in [1.54, 1.807) is 0 Å². The van der Waals surface area contributed by atoms with Gasteiger partial charge in [-0.25, -0.2) is 4.98 Å². The molecule has 8 nitrogen and oxygen atoms in total. The van der Waals surface area contributed by atoms with Crippen LogP contribution in [0.1, 0.15) is 19.9 Å². The highest BCUT2D eigenvalue weighted by Gasteiger charge is 2.31. The standard InChI is InChI=1S/C15H19Br2N5O3.ClH/c1-8(2)21-11-5-10(16)12(17)14(22(24)25)13(11)19-15(21)20-4-3-18-6-9(20)7-23;/h5,8-9,18,23H,3-4,6-7H2,1-2H3;1H. The van der Waals surface area contributed by atoms with Crippen LogP contribution in [0.25, 0.3) is 11.0 Å². The first-order valence-electron chi connectivity index (χ1n) is 7.99. The minimum absolute atomic E-state index is 0. The van der Waals surface area contributed by atoms with Crippen molar-refractivity contribution in [2.24, 2.45) is 0 Å². The Balaban J connectivity index is 0.00000243. The van der Waals surface area contributed by atoms with Crippen molar-refractivity contribution in [1.29, 1.82) is 0 Å². The Hall–Kier alpha value is -0.940. The molecule has 26 heavy (non-hydrogen) atoms. The van der Waals surface area contributed by atoms with Gasteiger partial charge in [0.2, 0.25) is 5.95 Å². The van der Waals surface area contributed by atoms with Gasteiger partial charge in [-0.2, -0.15) is 0 Å². The number of piperazine rings is 1. The lowest BCUT2D eigenvalue weighted by atomic mass is 10.2. The molecular formula is C15H20Br2ClN5O3. The summed E-state index contributed by atoms with van der Waals surface area (Å²) >= 11 is 6.69. The van der Waals surface area contributed by atoms with E-state index in [0.29, 0.717) is 39.0 Å². The van der Waals surface area contributed by atoms with Gasteiger partial charge in [-0.3, -0.25) is 10.1 Å². The van der Waals surface area contributed by atoms with Crippen molar-refractivity contribution in [3.63, 3.8) is 0 Å². The Kier molecular flexibility index (Phi) is 6.89. The van der Waals surface area contributed by atoms with Crippen LogP contribution in [0.15, 0.2) is 15.0 Å². The smallest absolute Gasteiger partial charge is 0.312 e. The number of anilines is 1. The monoisotopic (exact) mass is 511 g/mol. The van der Waals surface area contributed by atoms with E-state index in [4.69, 9.17) is 0 Å². The Morgan fingerprint density at radius 1 is 1.50 bits per heavy atom. The van der Waals surface area contributed by atoms with Crippen molar-refractivity contribution in [1.82, 2.24) is 14.9 Å². The summed E-state index contributed by atoms with van der Waals surface area (Å²) in [4.78, 5) is 17.9. The molecule has 0 saturated carbocycles. The van der Waals surface area contributed by atoms with Gasteiger partial charge in [-0.15, -0.1) is 12.4 Å². The summed E-state index contributed by atoms with van der Waals surface area (Å²) in [6.45, 7) is 6.12. The SMILES string of the molecule is CC(C)n1c(N2CCNCC2CO)nc2c([N+](=O)[O-])c(Br)c(Br)cc21.Cl. The second kappa shape index (κ2) is 8.39. The summed E-state index contributed by atoms with van der Waals surface area (Å²) < 4.78 is 2.98. The lowest BCUT2D eigenvalue weighted by molar-refractivity contribution is -0.384. The normalized spacial score (nSPS) is 17.6. The maximum atomic E-state index is 11.6. The number of nitrogens with zero attached hydrogens (tertiary/aromatic N) is 4. The molecule has 1 aliphatic rings. The third-order valence-electron chi connectivity index (χ3n) is 4.35.